The monoisotopic (exact) mass is 362 g/mol. The van der Waals surface area contributed by atoms with E-state index in [-0.39, 0.29) is 18.1 Å². The molecule has 3 aromatic heterocycles. The van der Waals surface area contributed by atoms with Crippen molar-refractivity contribution < 1.29 is 9.18 Å². The largest absolute Gasteiger partial charge is 0.309 e. The average molecular weight is 362 g/mol. The van der Waals surface area contributed by atoms with Crippen molar-refractivity contribution in [2.24, 2.45) is 0 Å². The second-order valence-electron chi connectivity index (χ2n) is 5.86. The van der Waals surface area contributed by atoms with E-state index >= 15 is 0 Å². The highest BCUT2D eigenvalue weighted by molar-refractivity contribution is 5.91. The van der Waals surface area contributed by atoms with Crippen molar-refractivity contribution in [3.05, 3.63) is 78.6 Å². The lowest BCUT2D eigenvalue weighted by Crippen LogP contribution is -2.15. The molecule has 1 aromatic carbocycles. The van der Waals surface area contributed by atoms with Crippen LogP contribution in [0.1, 0.15) is 5.69 Å². The molecule has 0 fully saturated rings. The zero-order valence-corrected chi connectivity index (χ0v) is 14.1. The topological polar surface area (TPSA) is 88.5 Å². The molecule has 1 amide bonds. The standard InChI is InChI=1S/C19H15FN6O/c20-14-1-3-16(4-2-14)26-10-7-15(25-26)11-19(27)22-18-12-17(23-24-18)13-5-8-21-9-6-13/h1-10,12H,11H2,(H2,22,23,24,27). The number of halogens is 1. The summed E-state index contributed by atoms with van der Waals surface area (Å²) in [5.74, 6) is -0.104. The van der Waals surface area contributed by atoms with Gasteiger partial charge in [0.2, 0.25) is 5.91 Å². The first kappa shape index (κ1) is 16.6. The van der Waals surface area contributed by atoms with E-state index < -0.39 is 0 Å². The molecule has 7 nitrogen and oxygen atoms in total. The van der Waals surface area contributed by atoms with E-state index in [0.29, 0.717) is 11.5 Å². The van der Waals surface area contributed by atoms with E-state index in [0.717, 1.165) is 16.9 Å². The molecule has 4 aromatic rings. The third-order valence-corrected chi connectivity index (χ3v) is 3.91. The second-order valence-corrected chi connectivity index (χ2v) is 5.86. The van der Waals surface area contributed by atoms with Crippen molar-refractivity contribution in [3.8, 4) is 16.9 Å². The van der Waals surface area contributed by atoms with Gasteiger partial charge in [-0.2, -0.15) is 10.2 Å². The van der Waals surface area contributed by atoms with Crippen molar-refractivity contribution in [3.63, 3.8) is 0 Å². The molecular formula is C19H15FN6O. The first-order valence-corrected chi connectivity index (χ1v) is 8.23. The number of rotatable bonds is 5. The Morgan fingerprint density at radius 3 is 2.67 bits per heavy atom. The highest BCUT2D eigenvalue weighted by Crippen LogP contribution is 2.18. The smallest absolute Gasteiger partial charge is 0.231 e. The Morgan fingerprint density at radius 1 is 1.11 bits per heavy atom. The van der Waals surface area contributed by atoms with E-state index in [1.165, 1.54) is 12.1 Å². The fourth-order valence-electron chi connectivity index (χ4n) is 2.61. The van der Waals surface area contributed by atoms with Crippen LogP contribution in [-0.2, 0) is 11.2 Å². The van der Waals surface area contributed by atoms with Gasteiger partial charge >= 0.3 is 0 Å². The molecule has 2 N–H and O–H groups in total. The van der Waals surface area contributed by atoms with Crippen molar-refractivity contribution in [1.29, 1.82) is 0 Å². The van der Waals surface area contributed by atoms with Crippen molar-refractivity contribution in [2.45, 2.75) is 6.42 Å². The minimum absolute atomic E-state index is 0.103. The molecule has 134 valence electrons. The number of carbonyl (C=O) groups is 1. The Bertz CT molecular complexity index is 1060. The maximum absolute atomic E-state index is 13.0. The van der Waals surface area contributed by atoms with E-state index in [2.05, 4.69) is 25.6 Å². The summed E-state index contributed by atoms with van der Waals surface area (Å²) in [4.78, 5) is 16.2. The number of hydrogen-bond donors (Lipinski definition) is 2. The summed E-state index contributed by atoms with van der Waals surface area (Å²) >= 11 is 0. The van der Waals surface area contributed by atoms with Gasteiger partial charge in [-0.25, -0.2) is 9.07 Å². The van der Waals surface area contributed by atoms with Gasteiger partial charge < -0.3 is 5.32 Å². The van der Waals surface area contributed by atoms with Crippen LogP contribution >= 0.6 is 0 Å². The minimum Gasteiger partial charge on any atom is -0.309 e. The average Bonchev–Trinajstić information content (AvgIpc) is 3.33. The van der Waals surface area contributed by atoms with E-state index in [1.807, 2.05) is 12.1 Å². The molecule has 4 rings (SSSR count). The van der Waals surface area contributed by atoms with Gasteiger partial charge in [0.05, 0.1) is 23.5 Å². The number of pyridine rings is 1. The predicted molar refractivity (Wildman–Crippen MR) is 97.7 cm³/mol. The van der Waals surface area contributed by atoms with Gasteiger partial charge in [-0.3, -0.25) is 14.9 Å². The van der Waals surface area contributed by atoms with Crippen molar-refractivity contribution in [1.82, 2.24) is 25.0 Å². The SMILES string of the molecule is O=C(Cc1ccn(-c2ccc(F)cc2)n1)Nc1cc(-c2ccncc2)[nH]n1. The van der Waals surface area contributed by atoms with Gasteiger partial charge in [0, 0.05) is 30.2 Å². The minimum atomic E-state index is -0.310. The lowest BCUT2D eigenvalue weighted by atomic mass is 10.2. The zero-order valence-electron chi connectivity index (χ0n) is 14.1. The summed E-state index contributed by atoms with van der Waals surface area (Å²) in [6, 6.07) is 13.2. The van der Waals surface area contributed by atoms with Crippen LogP contribution < -0.4 is 5.32 Å². The molecule has 0 unspecified atom stereocenters. The van der Waals surface area contributed by atoms with Crippen LogP contribution in [0.2, 0.25) is 0 Å². The number of aromatic nitrogens is 5. The molecule has 0 saturated heterocycles. The van der Waals surface area contributed by atoms with Crippen LogP contribution in [0.3, 0.4) is 0 Å². The van der Waals surface area contributed by atoms with E-state index in [9.17, 15) is 9.18 Å². The number of amides is 1. The van der Waals surface area contributed by atoms with Gasteiger partial charge in [-0.15, -0.1) is 0 Å². The molecule has 0 aliphatic carbocycles. The molecule has 3 heterocycles. The number of H-pyrrole nitrogens is 1. The van der Waals surface area contributed by atoms with Gasteiger partial charge in [0.25, 0.3) is 0 Å². The van der Waals surface area contributed by atoms with Crippen LogP contribution in [0.5, 0.6) is 0 Å². The first-order valence-electron chi connectivity index (χ1n) is 8.23. The number of carbonyl (C=O) groups excluding carboxylic acids is 1. The van der Waals surface area contributed by atoms with Gasteiger partial charge in [-0.1, -0.05) is 0 Å². The van der Waals surface area contributed by atoms with E-state index in [1.54, 1.807) is 47.5 Å². The molecule has 0 saturated carbocycles. The molecule has 0 aliphatic heterocycles. The normalized spacial score (nSPS) is 10.7. The number of nitrogens with zero attached hydrogens (tertiary/aromatic N) is 4. The van der Waals surface area contributed by atoms with Crippen molar-refractivity contribution in [2.75, 3.05) is 5.32 Å². The third kappa shape index (κ3) is 3.90. The van der Waals surface area contributed by atoms with Crippen LogP contribution in [0.15, 0.2) is 67.1 Å². The molecule has 0 atom stereocenters. The maximum atomic E-state index is 13.0. The Labute approximate surface area is 153 Å². The summed E-state index contributed by atoms with van der Waals surface area (Å²) in [6.07, 6.45) is 5.20. The summed E-state index contributed by atoms with van der Waals surface area (Å²) in [5.41, 5.74) is 3.03. The summed E-state index contributed by atoms with van der Waals surface area (Å²) < 4.78 is 14.6. The fraction of sp³-hybridized carbons (Fsp3) is 0.0526. The van der Waals surface area contributed by atoms with Crippen molar-refractivity contribution >= 4 is 11.7 Å². The number of nitrogens with one attached hydrogen (secondary N) is 2. The maximum Gasteiger partial charge on any atom is 0.231 e. The summed E-state index contributed by atoms with van der Waals surface area (Å²) in [6.45, 7) is 0. The molecule has 0 radical (unpaired) electrons. The molecular weight excluding hydrogens is 347 g/mol. The van der Waals surface area contributed by atoms with Crippen LogP contribution in [-0.4, -0.2) is 30.9 Å². The lowest BCUT2D eigenvalue weighted by Gasteiger charge is -2.01. The van der Waals surface area contributed by atoms with Crippen LogP contribution in [0.4, 0.5) is 10.2 Å². The summed E-state index contributed by atoms with van der Waals surface area (Å²) in [5, 5.41) is 14.1. The Hall–Kier alpha value is -3.81. The van der Waals surface area contributed by atoms with E-state index in [4.69, 9.17) is 0 Å². The van der Waals surface area contributed by atoms with Crippen LogP contribution in [0, 0.1) is 5.82 Å². The highest BCUT2D eigenvalue weighted by atomic mass is 19.1. The lowest BCUT2D eigenvalue weighted by molar-refractivity contribution is -0.115. The number of anilines is 1. The molecule has 27 heavy (non-hydrogen) atoms. The predicted octanol–water partition coefficient (Wildman–Crippen LogP) is 2.98. The molecule has 0 bridgehead atoms. The number of benzene rings is 1. The zero-order chi connectivity index (χ0) is 18.6. The van der Waals surface area contributed by atoms with Gasteiger partial charge in [0.15, 0.2) is 5.82 Å². The number of hydrogen-bond acceptors (Lipinski definition) is 4. The first-order chi connectivity index (χ1) is 13.2. The quantitative estimate of drug-likeness (QED) is 0.571. The molecule has 0 aliphatic rings. The Kier molecular flexibility index (Phi) is 4.44. The number of aromatic amines is 1. The fourth-order valence-corrected chi connectivity index (χ4v) is 2.61. The molecule has 0 spiro atoms. The van der Waals surface area contributed by atoms with Gasteiger partial charge in [0.1, 0.15) is 5.82 Å². The van der Waals surface area contributed by atoms with Crippen LogP contribution in [0.25, 0.3) is 16.9 Å². The Morgan fingerprint density at radius 2 is 1.89 bits per heavy atom. The second kappa shape index (κ2) is 7.20. The highest BCUT2D eigenvalue weighted by Gasteiger charge is 2.10. The Balaban J connectivity index is 1.40. The van der Waals surface area contributed by atoms with Gasteiger partial charge in [-0.05, 0) is 42.5 Å². The summed E-state index contributed by atoms with van der Waals surface area (Å²) in [7, 11) is 0. The third-order valence-electron chi connectivity index (χ3n) is 3.91. The molecule has 8 heteroatoms.